The van der Waals surface area contributed by atoms with Gasteiger partial charge in [0.25, 0.3) is 0 Å². The largest absolute Gasteiger partial charge is 0.493 e. The molecular formula is C14H17FO4. The molecule has 0 aromatic heterocycles. The van der Waals surface area contributed by atoms with Crippen molar-refractivity contribution in [1.82, 2.24) is 0 Å². The number of aliphatic carboxylic acids is 1. The molecule has 1 fully saturated rings. The highest BCUT2D eigenvalue weighted by atomic mass is 19.1. The van der Waals surface area contributed by atoms with E-state index in [1.54, 1.807) is 12.1 Å². The number of hydrogen-bond donors (Lipinski definition) is 1. The lowest BCUT2D eigenvalue weighted by Crippen LogP contribution is -2.15. The maximum absolute atomic E-state index is 13.2. The van der Waals surface area contributed by atoms with Crippen molar-refractivity contribution in [3.05, 3.63) is 23.3 Å². The van der Waals surface area contributed by atoms with Crippen molar-refractivity contribution in [1.29, 1.82) is 0 Å². The number of benzene rings is 1. The summed E-state index contributed by atoms with van der Waals surface area (Å²) < 4.78 is 23.5. The second-order valence-electron chi connectivity index (χ2n) is 4.85. The molecule has 104 valence electrons. The zero-order chi connectivity index (χ0) is 14.0. The van der Waals surface area contributed by atoms with Crippen LogP contribution in [0.25, 0.3) is 0 Å². The van der Waals surface area contributed by atoms with Gasteiger partial charge in [0, 0.05) is 5.41 Å². The number of carboxylic acid groups (broad SMARTS) is 1. The van der Waals surface area contributed by atoms with Crippen LogP contribution in [0.4, 0.5) is 4.39 Å². The smallest absolute Gasteiger partial charge is 0.304 e. The number of halogens is 1. The van der Waals surface area contributed by atoms with E-state index < -0.39 is 18.1 Å². The first-order valence-corrected chi connectivity index (χ1v) is 6.09. The molecule has 0 unspecified atom stereocenters. The highest BCUT2D eigenvalue weighted by Crippen LogP contribution is 2.53. The van der Waals surface area contributed by atoms with Crippen LogP contribution in [0.1, 0.15) is 30.4 Å². The summed E-state index contributed by atoms with van der Waals surface area (Å²) in [6, 6.07) is 3.31. The summed E-state index contributed by atoms with van der Waals surface area (Å²) in [4.78, 5) is 11.0. The molecule has 0 radical (unpaired) electrons. The van der Waals surface area contributed by atoms with Gasteiger partial charge in [-0.15, -0.1) is 0 Å². The summed E-state index contributed by atoms with van der Waals surface area (Å²) in [5.74, 6) is 0.105. The molecule has 0 atom stereocenters. The van der Waals surface area contributed by atoms with Crippen molar-refractivity contribution in [3.8, 4) is 11.5 Å². The van der Waals surface area contributed by atoms with E-state index in [1.807, 2.05) is 0 Å². The Balaban J connectivity index is 2.47. The minimum atomic E-state index is -0.864. The first kappa shape index (κ1) is 13.6. The van der Waals surface area contributed by atoms with Gasteiger partial charge < -0.3 is 14.6 Å². The zero-order valence-electron chi connectivity index (χ0n) is 11.0. The van der Waals surface area contributed by atoms with E-state index >= 15 is 0 Å². The topological polar surface area (TPSA) is 55.8 Å². The lowest BCUT2D eigenvalue weighted by atomic mass is 9.88. The van der Waals surface area contributed by atoms with Gasteiger partial charge in [0.05, 0.1) is 20.6 Å². The second-order valence-corrected chi connectivity index (χ2v) is 4.85. The average molecular weight is 268 g/mol. The van der Waals surface area contributed by atoms with Crippen LogP contribution in [0.3, 0.4) is 0 Å². The molecule has 1 saturated carbocycles. The van der Waals surface area contributed by atoms with Gasteiger partial charge >= 0.3 is 5.97 Å². The van der Waals surface area contributed by atoms with E-state index in [0.717, 1.165) is 18.4 Å². The summed E-state index contributed by atoms with van der Waals surface area (Å²) in [6.07, 6.45) is 1.55. The van der Waals surface area contributed by atoms with Gasteiger partial charge in [-0.25, -0.2) is 4.39 Å². The molecule has 1 aromatic rings. The predicted molar refractivity (Wildman–Crippen MR) is 67.5 cm³/mol. The van der Waals surface area contributed by atoms with Gasteiger partial charge in [-0.1, -0.05) is 0 Å². The molecule has 1 aliphatic rings. The minimum absolute atomic E-state index is 0.0233. The van der Waals surface area contributed by atoms with Crippen LogP contribution in [0.15, 0.2) is 12.1 Å². The lowest BCUT2D eigenvalue weighted by Gasteiger charge is -2.19. The van der Waals surface area contributed by atoms with Crippen molar-refractivity contribution in [2.75, 3.05) is 14.2 Å². The molecular weight excluding hydrogens is 251 g/mol. The third kappa shape index (κ3) is 2.50. The van der Waals surface area contributed by atoms with Crippen molar-refractivity contribution in [3.63, 3.8) is 0 Å². The molecule has 2 rings (SSSR count). The number of ether oxygens (including phenoxy) is 2. The molecule has 0 spiro atoms. The highest BCUT2D eigenvalue weighted by molar-refractivity contribution is 5.70. The maximum atomic E-state index is 13.2. The van der Waals surface area contributed by atoms with Crippen molar-refractivity contribution in [2.24, 2.45) is 0 Å². The van der Waals surface area contributed by atoms with Gasteiger partial charge in [-0.2, -0.15) is 0 Å². The fourth-order valence-corrected chi connectivity index (χ4v) is 2.51. The van der Waals surface area contributed by atoms with Crippen LogP contribution in [0, 0.1) is 0 Å². The maximum Gasteiger partial charge on any atom is 0.304 e. The molecule has 4 nitrogen and oxygen atoms in total. The molecule has 19 heavy (non-hydrogen) atoms. The normalized spacial score (nSPS) is 15.9. The third-order valence-electron chi connectivity index (χ3n) is 3.67. The minimum Gasteiger partial charge on any atom is -0.493 e. The van der Waals surface area contributed by atoms with Crippen LogP contribution in [0.5, 0.6) is 11.5 Å². The predicted octanol–water partition coefficient (Wildman–Crippen LogP) is 2.68. The van der Waals surface area contributed by atoms with Crippen LogP contribution < -0.4 is 9.47 Å². The van der Waals surface area contributed by atoms with Gasteiger partial charge in [-0.3, -0.25) is 4.79 Å². The first-order chi connectivity index (χ1) is 9.06. The molecule has 1 aliphatic carbocycles. The van der Waals surface area contributed by atoms with Crippen LogP contribution in [-0.2, 0) is 16.9 Å². The van der Waals surface area contributed by atoms with Gasteiger partial charge in [0.1, 0.15) is 6.67 Å². The Hall–Kier alpha value is -1.78. The molecule has 0 amide bonds. The van der Waals surface area contributed by atoms with Crippen LogP contribution in [0.2, 0.25) is 0 Å². The second kappa shape index (κ2) is 5.07. The first-order valence-electron chi connectivity index (χ1n) is 6.09. The van der Waals surface area contributed by atoms with E-state index in [1.165, 1.54) is 14.2 Å². The fourth-order valence-electron chi connectivity index (χ4n) is 2.51. The monoisotopic (exact) mass is 268 g/mol. The van der Waals surface area contributed by atoms with Gasteiger partial charge in [0.2, 0.25) is 0 Å². The fraction of sp³-hybridized carbons (Fsp3) is 0.500. The summed E-state index contributed by atoms with van der Waals surface area (Å²) >= 11 is 0. The number of rotatable bonds is 6. The molecule has 0 heterocycles. The van der Waals surface area contributed by atoms with E-state index in [9.17, 15) is 9.18 Å². The number of carbonyl (C=O) groups is 1. The van der Waals surface area contributed by atoms with Crippen LogP contribution in [-0.4, -0.2) is 25.3 Å². The van der Waals surface area contributed by atoms with Crippen molar-refractivity contribution < 1.29 is 23.8 Å². The molecule has 0 bridgehead atoms. The number of methoxy groups -OCH3 is 2. The standard InChI is InChI=1S/C14H17FO4/c1-18-11-5-9(8-15)10(6-12(11)19-2)14(3-4-14)7-13(16)17/h5-6H,3-4,7-8H2,1-2H3,(H,16,17). The lowest BCUT2D eigenvalue weighted by molar-refractivity contribution is -0.137. The molecule has 1 aromatic carbocycles. The Morgan fingerprint density at radius 3 is 2.32 bits per heavy atom. The molecule has 0 aliphatic heterocycles. The Labute approximate surface area is 111 Å². The third-order valence-corrected chi connectivity index (χ3v) is 3.67. The number of carboxylic acids is 1. The van der Waals surface area contributed by atoms with E-state index in [-0.39, 0.29) is 6.42 Å². The highest BCUT2D eigenvalue weighted by Gasteiger charge is 2.47. The summed E-state index contributed by atoms with van der Waals surface area (Å²) in [6.45, 7) is -0.642. The Kier molecular flexibility index (Phi) is 3.64. The molecule has 5 heteroatoms. The van der Waals surface area contributed by atoms with Gasteiger partial charge in [0.15, 0.2) is 11.5 Å². The Bertz CT molecular complexity index is 494. The van der Waals surface area contributed by atoms with Gasteiger partial charge in [-0.05, 0) is 36.1 Å². The van der Waals surface area contributed by atoms with Crippen molar-refractivity contribution >= 4 is 5.97 Å². The zero-order valence-corrected chi connectivity index (χ0v) is 11.0. The molecule has 0 saturated heterocycles. The SMILES string of the molecule is COc1cc(CF)c(C2(CC(=O)O)CC2)cc1OC. The average Bonchev–Trinajstić information content (AvgIpc) is 3.16. The Morgan fingerprint density at radius 2 is 1.89 bits per heavy atom. The van der Waals surface area contributed by atoms with Crippen molar-refractivity contribution in [2.45, 2.75) is 31.4 Å². The van der Waals surface area contributed by atoms with E-state index in [2.05, 4.69) is 0 Å². The quantitative estimate of drug-likeness (QED) is 0.861. The van der Waals surface area contributed by atoms with E-state index in [4.69, 9.17) is 14.6 Å². The van der Waals surface area contributed by atoms with Crippen LogP contribution >= 0.6 is 0 Å². The summed E-state index contributed by atoms with van der Waals surface area (Å²) in [5.41, 5.74) is 0.777. The summed E-state index contributed by atoms with van der Waals surface area (Å²) in [7, 11) is 3.00. The summed E-state index contributed by atoms with van der Waals surface area (Å²) in [5, 5.41) is 8.99. The molecule has 1 N–H and O–H groups in total. The Morgan fingerprint density at radius 1 is 1.32 bits per heavy atom. The number of alkyl halides is 1. The van der Waals surface area contributed by atoms with E-state index in [0.29, 0.717) is 17.1 Å². The number of hydrogen-bond acceptors (Lipinski definition) is 3.